The lowest BCUT2D eigenvalue weighted by Crippen LogP contribution is -2.65. The summed E-state index contributed by atoms with van der Waals surface area (Å²) in [5.41, 5.74) is 4.37. The van der Waals surface area contributed by atoms with Crippen molar-refractivity contribution in [2.45, 2.75) is 76.4 Å². The first-order valence-electron chi connectivity index (χ1n) is 6.86. The molecule has 19 heavy (non-hydrogen) atoms. The largest absolute Gasteiger partial charge is 0.459 e. The Morgan fingerprint density at radius 3 is 2.00 bits per heavy atom. The smallest absolute Gasteiger partial charge is 0.326 e. The molecule has 2 aliphatic rings. The second kappa shape index (κ2) is 4.14. The van der Waals surface area contributed by atoms with Crippen LogP contribution in [0.3, 0.4) is 0 Å². The average Bonchev–Trinajstić information content (AvgIpc) is 2.17. The van der Waals surface area contributed by atoms with Crippen LogP contribution in [0.4, 0.5) is 8.78 Å². The molecule has 0 radical (unpaired) electrons. The van der Waals surface area contributed by atoms with Crippen LogP contribution >= 0.6 is 0 Å². The van der Waals surface area contributed by atoms with Gasteiger partial charge in [-0.1, -0.05) is 0 Å². The summed E-state index contributed by atoms with van der Waals surface area (Å²) in [6.45, 7) is 5.39. The van der Waals surface area contributed by atoms with E-state index >= 15 is 0 Å². The molecule has 0 aliphatic heterocycles. The number of carbonyl (C=O) groups excluding carboxylic acids is 1. The summed E-state index contributed by atoms with van der Waals surface area (Å²) in [5, 5.41) is 0. The Kier molecular flexibility index (Phi) is 3.20. The number of rotatable bonds is 1. The van der Waals surface area contributed by atoms with E-state index in [9.17, 15) is 13.6 Å². The van der Waals surface area contributed by atoms with E-state index in [-0.39, 0.29) is 18.3 Å². The average molecular weight is 275 g/mol. The third-order valence-electron chi connectivity index (χ3n) is 4.23. The molecule has 1 spiro atoms. The molecule has 0 unspecified atom stereocenters. The molecule has 0 atom stereocenters. The van der Waals surface area contributed by atoms with Crippen molar-refractivity contribution < 1.29 is 18.3 Å². The zero-order valence-corrected chi connectivity index (χ0v) is 11.9. The van der Waals surface area contributed by atoms with E-state index in [0.29, 0.717) is 25.7 Å². The summed E-state index contributed by atoms with van der Waals surface area (Å²) in [4.78, 5) is 12.0. The highest BCUT2D eigenvalue weighted by Gasteiger charge is 2.60. The quantitative estimate of drug-likeness (QED) is 0.748. The van der Waals surface area contributed by atoms with Crippen LogP contribution in [0.1, 0.15) is 59.3 Å². The molecule has 0 aromatic heterocycles. The third-order valence-corrected chi connectivity index (χ3v) is 4.23. The Bertz CT molecular complexity index is 369. The number of ether oxygens (including phenoxy) is 1. The fraction of sp³-hybridized carbons (Fsp3) is 0.929. The van der Waals surface area contributed by atoms with Crippen molar-refractivity contribution in [3.63, 3.8) is 0 Å². The molecule has 0 heterocycles. The first-order chi connectivity index (χ1) is 8.46. The van der Waals surface area contributed by atoms with Crippen molar-refractivity contribution in [1.82, 2.24) is 0 Å². The van der Waals surface area contributed by atoms with Crippen LogP contribution in [0.25, 0.3) is 0 Å². The van der Waals surface area contributed by atoms with Gasteiger partial charge in [0.1, 0.15) is 11.1 Å². The predicted molar refractivity (Wildman–Crippen MR) is 67.8 cm³/mol. The van der Waals surface area contributed by atoms with Gasteiger partial charge >= 0.3 is 5.97 Å². The van der Waals surface area contributed by atoms with Crippen LogP contribution in [0.5, 0.6) is 0 Å². The van der Waals surface area contributed by atoms with Gasteiger partial charge < -0.3 is 10.5 Å². The van der Waals surface area contributed by atoms with Crippen LogP contribution in [-0.4, -0.2) is 23.0 Å². The van der Waals surface area contributed by atoms with E-state index < -0.39 is 23.0 Å². The standard InChI is InChI=1S/C14H23F2NO2/c1-11(2,3)19-10(18)13(17)8-12(9-13)4-6-14(15,16)7-5-12/h4-9,17H2,1-3H3. The second-order valence-electron chi connectivity index (χ2n) is 7.37. The van der Waals surface area contributed by atoms with Crippen molar-refractivity contribution in [3.05, 3.63) is 0 Å². The maximum absolute atomic E-state index is 13.2. The Morgan fingerprint density at radius 2 is 1.58 bits per heavy atom. The molecule has 2 aliphatic carbocycles. The summed E-state index contributed by atoms with van der Waals surface area (Å²) in [7, 11) is 0. The van der Waals surface area contributed by atoms with Crippen LogP contribution in [0.2, 0.25) is 0 Å². The Labute approximate surface area is 112 Å². The summed E-state index contributed by atoms with van der Waals surface area (Å²) >= 11 is 0. The molecule has 0 aromatic carbocycles. The van der Waals surface area contributed by atoms with Gasteiger partial charge in [0.2, 0.25) is 5.92 Å². The lowest BCUT2D eigenvalue weighted by atomic mass is 9.52. The fourth-order valence-corrected chi connectivity index (χ4v) is 3.31. The number of hydrogen-bond donors (Lipinski definition) is 1. The van der Waals surface area contributed by atoms with E-state index in [1.807, 2.05) is 0 Å². The van der Waals surface area contributed by atoms with Crippen LogP contribution in [-0.2, 0) is 9.53 Å². The first-order valence-corrected chi connectivity index (χ1v) is 6.86. The Morgan fingerprint density at radius 1 is 1.11 bits per heavy atom. The molecule has 2 saturated carbocycles. The van der Waals surface area contributed by atoms with E-state index in [0.717, 1.165) is 0 Å². The van der Waals surface area contributed by atoms with Crippen LogP contribution in [0.15, 0.2) is 0 Å². The molecule has 2 rings (SSSR count). The zero-order valence-electron chi connectivity index (χ0n) is 11.9. The number of alkyl halides is 2. The van der Waals surface area contributed by atoms with E-state index in [1.165, 1.54) is 0 Å². The normalized spacial score (nSPS) is 27.7. The summed E-state index contributed by atoms with van der Waals surface area (Å²) in [6.07, 6.45) is 1.70. The number of esters is 1. The molecule has 0 bridgehead atoms. The van der Waals surface area contributed by atoms with Crippen molar-refractivity contribution in [2.75, 3.05) is 0 Å². The molecule has 0 aromatic rings. The molecular formula is C14H23F2NO2. The molecule has 0 amide bonds. The van der Waals surface area contributed by atoms with E-state index in [4.69, 9.17) is 10.5 Å². The molecule has 2 fully saturated rings. The topological polar surface area (TPSA) is 52.3 Å². The van der Waals surface area contributed by atoms with Gasteiger partial charge in [-0.05, 0) is 51.9 Å². The van der Waals surface area contributed by atoms with Crippen molar-refractivity contribution >= 4 is 5.97 Å². The van der Waals surface area contributed by atoms with Gasteiger partial charge in [-0.15, -0.1) is 0 Å². The predicted octanol–water partition coefficient (Wildman–Crippen LogP) is 3.02. The SMILES string of the molecule is CC(C)(C)OC(=O)C1(N)CC2(CCC(F)(F)CC2)C1. The van der Waals surface area contributed by atoms with Gasteiger partial charge in [0.25, 0.3) is 0 Å². The minimum absolute atomic E-state index is 0.0859. The highest BCUT2D eigenvalue weighted by molar-refractivity contribution is 5.82. The highest BCUT2D eigenvalue weighted by atomic mass is 19.3. The Hall–Kier alpha value is -0.710. The van der Waals surface area contributed by atoms with Crippen molar-refractivity contribution in [1.29, 1.82) is 0 Å². The monoisotopic (exact) mass is 275 g/mol. The van der Waals surface area contributed by atoms with Crippen LogP contribution < -0.4 is 5.73 Å². The maximum Gasteiger partial charge on any atom is 0.326 e. The summed E-state index contributed by atoms with van der Waals surface area (Å²) < 4.78 is 31.6. The van der Waals surface area contributed by atoms with Crippen LogP contribution in [0, 0.1) is 5.41 Å². The molecule has 5 heteroatoms. The van der Waals surface area contributed by atoms with Gasteiger partial charge in [-0.3, -0.25) is 4.79 Å². The number of carbonyl (C=O) groups is 1. The summed E-state index contributed by atoms with van der Waals surface area (Å²) in [6, 6.07) is 0. The molecule has 2 N–H and O–H groups in total. The van der Waals surface area contributed by atoms with Gasteiger partial charge in [-0.25, -0.2) is 8.78 Å². The van der Waals surface area contributed by atoms with Gasteiger partial charge in [-0.2, -0.15) is 0 Å². The van der Waals surface area contributed by atoms with Crippen molar-refractivity contribution in [3.8, 4) is 0 Å². The lowest BCUT2D eigenvalue weighted by Gasteiger charge is -2.55. The molecule has 0 saturated heterocycles. The minimum Gasteiger partial charge on any atom is -0.459 e. The molecule has 3 nitrogen and oxygen atoms in total. The van der Waals surface area contributed by atoms with Gasteiger partial charge in [0, 0.05) is 12.8 Å². The number of hydrogen-bond acceptors (Lipinski definition) is 3. The minimum atomic E-state index is -2.54. The second-order valence-corrected chi connectivity index (χ2v) is 7.37. The molecular weight excluding hydrogens is 252 g/mol. The van der Waals surface area contributed by atoms with E-state index in [2.05, 4.69) is 0 Å². The van der Waals surface area contributed by atoms with Gasteiger partial charge in [0.15, 0.2) is 0 Å². The first kappa shape index (κ1) is 14.7. The lowest BCUT2D eigenvalue weighted by molar-refractivity contribution is -0.177. The Balaban J connectivity index is 1.93. The number of halogens is 2. The maximum atomic E-state index is 13.2. The number of nitrogens with two attached hydrogens (primary N) is 1. The fourth-order valence-electron chi connectivity index (χ4n) is 3.31. The highest BCUT2D eigenvalue weighted by Crippen LogP contribution is 2.58. The van der Waals surface area contributed by atoms with Crippen molar-refractivity contribution in [2.24, 2.45) is 11.1 Å². The zero-order chi connectivity index (χ0) is 14.5. The molecule has 110 valence electrons. The van der Waals surface area contributed by atoms with Gasteiger partial charge in [0.05, 0.1) is 0 Å². The van der Waals surface area contributed by atoms with E-state index in [1.54, 1.807) is 20.8 Å². The summed E-state index contributed by atoms with van der Waals surface area (Å²) in [5.74, 6) is -2.94. The third kappa shape index (κ3) is 3.07.